The lowest BCUT2D eigenvalue weighted by molar-refractivity contribution is 0.288. The van der Waals surface area contributed by atoms with Crippen LogP contribution in [0, 0.1) is 24.1 Å². The summed E-state index contributed by atoms with van der Waals surface area (Å²) in [6, 6.07) is 5.77. The third-order valence-corrected chi connectivity index (χ3v) is 4.70. The zero-order valence-corrected chi connectivity index (χ0v) is 14.3. The van der Waals surface area contributed by atoms with E-state index in [2.05, 4.69) is 16.5 Å². The van der Waals surface area contributed by atoms with Crippen molar-refractivity contribution in [3.63, 3.8) is 0 Å². The third-order valence-electron chi connectivity index (χ3n) is 4.70. The molecule has 1 saturated heterocycles. The van der Waals surface area contributed by atoms with Crippen LogP contribution in [0.3, 0.4) is 0 Å². The molecule has 0 aliphatic carbocycles. The Bertz CT molecular complexity index is 789. The number of piperidine rings is 1. The van der Waals surface area contributed by atoms with E-state index in [9.17, 15) is 9.65 Å². The predicted molar refractivity (Wildman–Crippen MR) is 91.4 cm³/mol. The molecule has 132 valence electrons. The maximum absolute atomic E-state index is 14.4. The lowest BCUT2D eigenvalue weighted by atomic mass is 10.1. The third kappa shape index (κ3) is 3.50. The summed E-state index contributed by atoms with van der Waals surface area (Å²) >= 11 is 0. The average Bonchev–Trinajstić information content (AvgIpc) is 3.06. The Morgan fingerprint density at radius 3 is 2.84 bits per heavy atom. The molecular formula is C18H22FN5O. The van der Waals surface area contributed by atoms with Crippen molar-refractivity contribution in [2.75, 3.05) is 13.1 Å². The van der Waals surface area contributed by atoms with E-state index in [4.69, 9.17) is 10.5 Å². The maximum Gasteiger partial charge on any atom is 0.168 e. The first-order valence-corrected chi connectivity index (χ1v) is 8.43. The number of nitrogens with two attached hydrogens (primary N) is 1. The molecule has 0 saturated carbocycles. The zero-order chi connectivity index (χ0) is 17.8. The van der Waals surface area contributed by atoms with Gasteiger partial charge in [0, 0.05) is 12.1 Å². The van der Waals surface area contributed by atoms with Crippen molar-refractivity contribution < 1.29 is 9.13 Å². The number of nitrogens with one attached hydrogen (secondary N) is 1. The van der Waals surface area contributed by atoms with Gasteiger partial charge in [-0.05, 0) is 50.0 Å². The van der Waals surface area contributed by atoms with E-state index in [-0.39, 0.29) is 24.9 Å². The zero-order valence-electron chi connectivity index (χ0n) is 14.3. The van der Waals surface area contributed by atoms with E-state index in [0.29, 0.717) is 16.8 Å². The van der Waals surface area contributed by atoms with Crippen LogP contribution in [0.15, 0.2) is 18.3 Å². The number of halogens is 1. The number of ether oxygens (including phenoxy) is 1. The van der Waals surface area contributed by atoms with Crippen LogP contribution >= 0.6 is 0 Å². The number of rotatable bonds is 5. The van der Waals surface area contributed by atoms with Crippen molar-refractivity contribution in [1.29, 1.82) is 5.26 Å². The van der Waals surface area contributed by atoms with Gasteiger partial charge >= 0.3 is 0 Å². The molecule has 1 fully saturated rings. The summed E-state index contributed by atoms with van der Waals surface area (Å²) in [5, 5.41) is 17.2. The van der Waals surface area contributed by atoms with Gasteiger partial charge in [0.1, 0.15) is 18.4 Å². The molecule has 2 heterocycles. The summed E-state index contributed by atoms with van der Waals surface area (Å²) in [7, 11) is 0. The summed E-state index contributed by atoms with van der Waals surface area (Å²) in [5.41, 5.74) is 7.99. The molecular weight excluding hydrogens is 321 g/mol. The van der Waals surface area contributed by atoms with Gasteiger partial charge < -0.3 is 15.8 Å². The summed E-state index contributed by atoms with van der Waals surface area (Å²) in [4.78, 5) is 0. The van der Waals surface area contributed by atoms with E-state index < -0.39 is 5.82 Å². The van der Waals surface area contributed by atoms with E-state index >= 15 is 0 Å². The first kappa shape index (κ1) is 17.4. The van der Waals surface area contributed by atoms with Crippen molar-refractivity contribution in [1.82, 2.24) is 15.1 Å². The van der Waals surface area contributed by atoms with Crippen molar-refractivity contribution in [2.24, 2.45) is 5.73 Å². The first-order chi connectivity index (χ1) is 12.2. The topological polar surface area (TPSA) is 88.9 Å². The van der Waals surface area contributed by atoms with Gasteiger partial charge in [0.25, 0.3) is 0 Å². The Kier molecular flexibility index (Phi) is 5.31. The molecule has 1 aliphatic rings. The quantitative estimate of drug-likeness (QED) is 0.868. The monoisotopic (exact) mass is 343 g/mol. The normalized spacial score (nSPS) is 15.1. The number of aromatic nitrogens is 2. The van der Waals surface area contributed by atoms with Crippen LogP contribution in [0.5, 0.6) is 5.75 Å². The summed E-state index contributed by atoms with van der Waals surface area (Å²) in [6.45, 7) is 3.90. The summed E-state index contributed by atoms with van der Waals surface area (Å²) in [5.74, 6) is -0.250. The van der Waals surface area contributed by atoms with E-state index in [1.165, 1.54) is 0 Å². The minimum atomic E-state index is -0.410. The molecule has 3 rings (SSSR count). The smallest absolute Gasteiger partial charge is 0.168 e. The Morgan fingerprint density at radius 2 is 2.16 bits per heavy atom. The Hall–Kier alpha value is -2.43. The molecule has 7 heteroatoms. The Morgan fingerprint density at radius 1 is 1.40 bits per heavy atom. The van der Waals surface area contributed by atoms with Gasteiger partial charge in [-0.2, -0.15) is 10.4 Å². The first-order valence-electron chi connectivity index (χ1n) is 8.43. The van der Waals surface area contributed by atoms with Crippen LogP contribution in [-0.2, 0) is 13.2 Å². The van der Waals surface area contributed by atoms with Gasteiger partial charge in [-0.25, -0.2) is 4.39 Å². The molecule has 2 aromatic rings. The van der Waals surface area contributed by atoms with Crippen molar-refractivity contribution >= 4 is 0 Å². The molecule has 0 amide bonds. The van der Waals surface area contributed by atoms with Gasteiger partial charge in [0.05, 0.1) is 12.2 Å². The van der Waals surface area contributed by atoms with E-state index in [1.807, 2.05) is 0 Å². The number of benzene rings is 1. The van der Waals surface area contributed by atoms with Crippen LogP contribution in [0.1, 0.15) is 41.3 Å². The molecule has 1 aliphatic heterocycles. The number of hydrogen-bond acceptors (Lipinski definition) is 5. The highest BCUT2D eigenvalue weighted by Gasteiger charge is 2.21. The van der Waals surface area contributed by atoms with E-state index in [1.54, 1.807) is 29.9 Å². The highest BCUT2D eigenvalue weighted by Crippen LogP contribution is 2.26. The maximum atomic E-state index is 14.4. The van der Waals surface area contributed by atoms with Crippen LogP contribution in [-0.4, -0.2) is 22.9 Å². The number of nitriles is 1. The fraction of sp³-hybridized carbons (Fsp3) is 0.444. The van der Waals surface area contributed by atoms with Crippen molar-refractivity contribution in [3.05, 3.63) is 46.5 Å². The minimum absolute atomic E-state index is 0.103. The van der Waals surface area contributed by atoms with Gasteiger partial charge in [-0.3, -0.25) is 4.68 Å². The SMILES string of the molecule is Cc1c(CN)ccc(OCc2cnn(C3CCNCC3)c2C#N)c1F. The van der Waals surface area contributed by atoms with Crippen LogP contribution in [0.25, 0.3) is 0 Å². The molecule has 1 aromatic heterocycles. The molecule has 6 nitrogen and oxygen atoms in total. The highest BCUT2D eigenvalue weighted by molar-refractivity contribution is 5.37. The second-order valence-corrected chi connectivity index (χ2v) is 6.21. The Labute approximate surface area is 146 Å². The van der Waals surface area contributed by atoms with Gasteiger partial charge in [0.2, 0.25) is 0 Å². The van der Waals surface area contributed by atoms with Crippen LogP contribution in [0.2, 0.25) is 0 Å². The standard InChI is InChI=1S/C18H22FN5O/c1-12-13(8-20)2-3-17(18(12)19)25-11-14-10-23-24(16(14)9-21)15-4-6-22-7-5-15/h2-3,10,15,22H,4-8,11,20H2,1H3. The highest BCUT2D eigenvalue weighted by atomic mass is 19.1. The fourth-order valence-corrected chi connectivity index (χ4v) is 3.14. The molecule has 1 aromatic carbocycles. The van der Waals surface area contributed by atoms with Crippen molar-refractivity contribution in [3.8, 4) is 11.8 Å². The van der Waals surface area contributed by atoms with Gasteiger partial charge in [0.15, 0.2) is 11.6 Å². The molecule has 0 spiro atoms. The largest absolute Gasteiger partial charge is 0.486 e. The summed E-state index contributed by atoms with van der Waals surface area (Å²) < 4.78 is 21.7. The van der Waals surface area contributed by atoms with Gasteiger partial charge in [-0.1, -0.05) is 6.07 Å². The fourth-order valence-electron chi connectivity index (χ4n) is 3.14. The minimum Gasteiger partial charge on any atom is -0.486 e. The Balaban J connectivity index is 1.77. The average molecular weight is 343 g/mol. The van der Waals surface area contributed by atoms with Crippen molar-refractivity contribution in [2.45, 2.75) is 39.0 Å². The number of hydrogen-bond donors (Lipinski definition) is 2. The van der Waals surface area contributed by atoms with Crippen LogP contribution in [0.4, 0.5) is 4.39 Å². The molecule has 3 N–H and O–H groups in total. The van der Waals surface area contributed by atoms with Crippen LogP contribution < -0.4 is 15.8 Å². The van der Waals surface area contributed by atoms with Gasteiger partial charge in [-0.15, -0.1) is 0 Å². The predicted octanol–water partition coefficient (Wildman–Crippen LogP) is 2.16. The molecule has 0 radical (unpaired) electrons. The second kappa shape index (κ2) is 7.64. The second-order valence-electron chi connectivity index (χ2n) is 6.21. The molecule has 0 unspecified atom stereocenters. The lowest BCUT2D eigenvalue weighted by Crippen LogP contribution is -2.30. The lowest BCUT2D eigenvalue weighted by Gasteiger charge is -2.23. The number of nitrogens with zero attached hydrogens (tertiary/aromatic N) is 3. The summed E-state index contributed by atoms with van der Waals surface area (Å²) in [6.07, 6.45) is 3.51. The molecule has 25 heavy (non-hydrogen) atoms. The molecule has 0 atom stereocenters. The van der Waals surface area contributed by atoms with E-state index in [0.717, 1.165) is 31.5 Å². The molecule has 0 bridgehead atoms.